The number of nitrogens with one attached hydrogen (secondary N) is 1. The third-order valence-electron chi connectivity index (χ3n) is 3.66. The van der Waals surface area contributed by atoms with Gasteiger partial charge in [-0.1, -0.05) is 34.8 Å². The largest absolute Gasteiger partial charge is 0.456 e. The first-order valence-corrected chi connectivity index (χ1v) is 10.1. The summed E-state index contributed by atoms with van der Waals surface area (Å²) in [6, 6.07) is 9.16. The maximum absolute atomic E-state index is 13.0. The first kappa shape index (κ1) is 18.8. The quantitative estimate of drug-likeness (QED) is 0.809. The number of halogens is 3. The molecule has 1 aliphatic rings. The molecule has 1 fully saturated rings. The monoisotopic (exact) mass is 420 g/mol. The van der Waals surface area contributed by atoms with Gasteiger partial charge in [0.25, 0.3) is 0 Å². The third kappa shape index (κ3) is 4.39. The lowest BCUT2D eigenvalue weighted by atomic mass is 10.3. The second-order valence-corrected chi connectivity index (χ2v) is 8.67. The van der Waals surface area contributed by atoms with Gasteiger partial charge in [0.05, 0.1) is 0 Å². The molecule has 2 aromatic rings. The molecule has 0 atom stereocenters. The van der Waals surface area contributed by atoms with Crippen molar-refractivity contribution in [3.63, 3.8) is 0 Å². The highest BCUT2D eigenvalue weighted by molar-refractivity contribution is 7.89. The predicted octanol–water partition coefficient (Wildman–Crippen LogP) is 4.03. The van der Waals surface area contributed by atoms with E-state index >= 15 is 0 Å². The van der Waals surface area contributed by atoms with Crippen LogP contribution in [0.2, 0.25) is 15.1 Å². The van der Waals surface area contributed by atoms with Crippen molar-refractivity contribution >= 4 is 44.8 Å². The Labute approximate surface area is 161 Å². The molecule has 0 aliphatic carbocycles. The van der Waals surface area contributed by atoms with Crippen LogP contribution < -0.4 is 10.1 Å². The molecule has 9 heteroatoms. The minimum absolute atomic E-state index is 0.0120. The molecule has 1 saturated heterocycles. The minimum Gasteiger partial charge on any atom is -0.456 e. The molecule has 5 nitrogen and oxygen atoms in total. The summed E-state index contributed by atoms with van der Waals surface area (Å²) in [5.41, 5.74) is 0. The van der Waals surface area contributed by atoms with Crippen LogP contribution in [0.25, 0.3) is 0 Å². The predicted molar refractivity (Wildman–Crippen MR) is 99.6 cm³/mol. The molecular formula is C16H15Cl3N2O3S. The van der Waals surface area contributed by atoms with E-state index in [9.17, 15) is 8.42 Å². The van der Waals surface area contributed by atoms with Crippen molar-refractivity contribution in [2.75, 3.05) is 26.2 Å². The number of sulfonamides is 1. The molecule has 0 radical (unpaired) electrons. The standard InChI is InChI=1S/C16H15Cl3N2O3S/c17-11-1-2-15(24-14-8-12(18)7-13(19)9-14)16(10-11)25(22,23)21-5-3-20-4-6-21/h1-2,7-10,20H,3-6H2. The maximum atomic E-state index is 13.0. The number of hydrogen-bond donors (Lipinski definition) is 1. The Kier molecular flexibility index (Phi) is 5.78. The van der Waals surface area contributed by atoms with E-state index in [1.165, 1.54) is 16.4 Å². The van der Waals surface area contributed by atoms with Gasteiger partial charge in [-0.05, 0) is 36.4 Å². The van der Waals surface area contributed by atoms with E-state index in [2.05, 4.69) is 5.32 Å². The van der Waals surface area contributed by atoms with Crippen molar-refractivity contribution in [2.45, 2.75) is 4.90 Å². The van der Waals surface area contributed by atoms with Crippen LogP contribution in [0.15, 0.2) is 41.3 Å². The Morgan fingerprint density at radius 1 is 0.920 bits per heavy atom. The second kappa shape index (κ2) is 7.70. The van der Waals surface area contributed by atoms with Gasteiger partial charge in [0.15, 0.2) is 0 Å². The van der Waals surface area contributed by atoms with Crippen molar-refractivity contribution in [3.8, 4) is 11.5 Å². The third-order valence-corrected chi connectivity index (χ3v) is 6.25. The summed E-state index contributed by atoms with van der Waals surface area (Å²) in [5.74, 6) is 0.512. The summed E-state index contributed by atoms with van der Waals surface area (Å²) in [7, 11) is -3.74. The number of hydrogen-bond acceptors (Lipinski definition) is 4. The van der Waals surface area contributed by atoms with Gasteiger partial charge in [0, 0.05) is 41.2 Å². The van der Waals surface area contributed by atoms with E-state index in [1.807, 2.05) is 0 Å². The first-order valence-electron chi connectivity index (χ1n) is 7.50. The SMILES string of the molecule is O=S(=O)(c1cc(Cl)ccc1Oc1cc(Cl)cc(Cl)c1)N1CCNCC1. The number of piperazine rings is 1. The molecule has 3 rings (SSSR count). The van der Waals surface area contributed by atoms with Crippen LogP contribution in [-0.2, 0) is 10.0 Å². The smallest absolute Gasteiger partial charge is 0.246 e. The molecule has 1 N–H and O–H groups in total. The van der Waals surface area contributed by atoms with Crippen LogP contribution >= 0.6 is 34.8 Å². The van der Waals surface area contributed by atoms with Crippen molar-refractivity contribution in [3.05, 3.63) is 51.5 Å². The average Bonchev–Trinajstić information content (AvgIpc) is 2.56. The number of benzene rings is 2. The Morgan fingerprint density at radius 3 is 2.20 bits per heavy atom. The van der Waals surface area contributed by atoms with Crippen molar-refractivity contribution < 1.29 is 13.2 Å². The van der Waals surface area contributed by atoms with E-state index < -0.39 is 10.0 Å². The molecule has 0 spiro atoms. The molecule has 134 valence electrons. The fraction of sp³-hybridized carbons (Fsp3) is 0.250. The molecule has 25 heavy (non-hydrogen) atoms. The van der Waals surface area contributed by atoms with Crippen molar-refractivity contribution in [2.24, 2.45) is 0 Å². The van der Waals surface area contributed by atoms with Gasteiger partial charge < -0.3 is 10.1 Å². The molecule has 0 bridgehead atoms. The van der Waals surface area contributed by atoms with Crippen molar-refractivity contribution in [1.82, 2.24) is 9.62 Å². The number of rotatable bonds is 4. The van der Waals surface area contributed by atoms with Gasteiger partial charge in [-0.25, -0.2) is 8.42 Å². The van der Waals surface area contributed by atoms with Gasteiger partial charge in [0.2, 0.25) is 10.0 Å². The van der Waals surface area contributed by atoms with Crippen LogP contribution in [0.4, 0.5) is 0 Å². The highest BCUT2D eigenvalue weighted by Crippen LogP contribution is 2.35. The first-order chi connectivity index (χ1) is 11.9. The maximum Gasteiger partial charge on any atom is 0.246 e. The van der Waals surface area contributed by atoms with E-state index in [0.29, 0.717) is 47.0 Å². The highest BCUT2D eigenvalue weighted by atomic mass is 35.5. The highest BCUT2D eigenvalue weighted by Gasteiger charge is 2.29. The van der Waals surface area contributed by atoms with Gasteiger partial charge in [0.1, 0.15) is 16.4 Å². The van der Waals surface area contributed by atoms with E-state index in [1.54, 1.807) is 24.3 Å². The Morgan fingerprint density at radius 2 is 1.56 bits per heavy atom. The summed E-state index contributed by atoms with van der Waals surface area (Å²) < 4.78 is 33.1. The molecule has 1 aliphatic heterocycles. The number of ether oxygens (including phenoxy) is 1. The fourth-order valence-corrected chi connectivity index (χ4v) is 4.83. The summed E-state index contributed by atoms with van der Waals surface area (Å²) in [4.78, 5) is 0.0120. The van der Waals surface area contributed by atoms with Crippen LogP contribution in [0, 0.1) is 0 Å². The van der Waals surface area contributed by atoms with Crippen LogP contribution in [-0.4, -0.2) is 38.9 Å². The molecule has 0 aromatic heterocycles. The molecule has 1 heterocycles. The van der Waals surface area contributed by atoms with E-state index in [0.717, 1.165) is 0 Å². The average molecular weight is 422 g/mol. The molecule has 2 aromatic carbocycles. The van der Waals surface area contributed by atoms with Gasteiger partial charge in [-0.15, -0.1) is 0 Å². The molecule has 0 amide bonds. The van der Waals surface area contributed by atoms with Gasteiger partial charge in [-0.3, -0.25) is 0 Å². The van der Waals surface area contributed by atoms with Crippen LogP contribution in [0.3, 0.4) is 0 Å². The lowest BCUT2D eigenvalue weighted by Gasteiger charge is -2.27. The minimum atomic E-state index is -3.74. The van der Waals surface area contributed by atoms with E-state index in [-0.39, 0.29) is 10.6 Å². The normalized spacial score (nSPS) is 16.0. The molecule has 0 saturated carbocycles. The Hall–Kier alpha value is -1.02. The summed E-state index contributed by atoms with van der Waals surface area (Å²) in [6.45, 7) is 1.97. The van der Waals surface area contributed by atoms with Crippen LogP contribution in [0.1, 0.15) is 0 Å². The van der Waals surface area contributed by atoms with Crippen molar-refractivity contribution in [1.29, 1.82) is 0 Å². The topological polar surface area (TPSA) is 58.6 Å². The molecular weight excluding hydrogens is 407 g/mol. The Bertz CT molecular complexity index is 864. The molecule has 0 unspecified atom stereocenters. The fourth-order valence-electron chi connectivity index (χ4n) is 2.51. The Balaban J connectivity index is 2.00. The zero-order valence-electron chi connectivity index (χ0n) is 13.0. The van der Waals surface area contributed by atoms with Crippen LogP contribution in [0.5, 0.6) is 11.5 Å². The van der Waals surface area contributed by atoms with E-state index in [4.69, 9.17) is 39.5 Å². The summed E-state index contributed by atoms with van der Waals surface area (Å²) in [5, 5.41) is 4.22. The van der Waals surface area contributed by atoms with Gasteiger partial charge in [-0.2, -0.15) is 4.31 Å². The number of nitrogens with zero attached hydrogens (tertiary/aromatic N) is 1. The summed E-state index contributed by atoms with van der Waals surface area (Å²) in [6.07, 6.45) is 0. The summed E-state index contributed by atoms with van der Waals surface area (Å²) >= 11 is 18.0. The second-order valence-electron chi connectivity index (χ2n) is 5.45. The zero-order chi connectivity index (χ0) is 18.0. The zero-order valence-corrected chi connectivity index (χ0v) is 16.1. The van der Waals surface area contributed by atoms with Gasteiger partial charge >= 0.3 is 0 Å². The lowest BCUT2D eigenvalue weighted by Crippen LogP contribution is -2.46. The lowest BCUT2D eigenvalue weighted by molar-refractivity contribution is 0.358.